The van der Waals surface area contributed by atoms with Gasteiger partial charge in [0.15, 0.2) is 0 Å². The summed E-state index contributed by atoms with van der Waals surface area (Å²) in [6.45, 7) is 29.7. The second kappa shape index (κ2) is 18.6. The molecule has 4 rings (SSSR count). The number of nitrogens with one attached hydrogen (secondary N) is 3. The van der Waals surface area contributed by atoms with Gasteiger partial charge in [0.05, 0.1) is 0 Å². The van der Waals surface area contributed by atoms with Gasteiger partial charge >= 0.3 is 6.09 Å². The number of carbonyl (C=O) groups is 1. The first kappa shape index (κ1) is 40.7. The molecule has 0 aromatic carbocycles. The zero-order valence-electron chi connectivity index (χ0n) is 33.8. The highest BCUT2D eigenvalue weighted by atomic mass is 16.6. The molecule has 1 amide bonds. The molecule has 0 aromatic rings. The van der Waals surface area contributed by atoms with Crippen LogP contribution in [0.15, 0.2) is 11.6 Å². The van der Waals surface area contributed by atoms with Gasteiger partial charge in [-0.15, -0.1) is 0 Å². The van der Waals surface area contributed by atoms with E-state index in [9.17, 15) is 4.79 Å². The fraction of sp³-hybridized carbons (Fsp3) is 0.930. The van der Waals surface area contributed by atoms with Gasteiger partial charge in [0.2, 0.25) is 0 Å². The first-order valence-electron chi connectivity index (χ1n) is 21.1. The van der Waals surface area contributed by atoms with Gasteiger partial charge in [0, 0.05) is 51.7 Å². The van der Waals surface area contributed by atoms with Crippen LogP contribution in [-0.4, -0.2) is 69.0 Å². The second-order valence-corrected chi connectivity index (χ2v) is 18.6. The Hall–Kier alpha value is -1.11. The van der Waals surface area contributed by atoms with Crippen LogP contribution in [0, 0.1) is 58.2 Å². The van der Waals surface area contributed by atoms with E-state index < -0.39 is 0 Å². The molecule has 0 aromatic heterocycles. The lowest BCUT2D eigenvalue weighted by Gasteiger charge is -2.58. The van der Waals surface area contributed by atoms with Gasteiger partial charge in [-0.1, -0.05) is 93.7 Å². The molecule has 49 heavy (non-hydrogen) atoms. The van der Waals surface area contributed by atoms with Crippen molar-refractivity contribution >= 4 is 6.09 Å². The van der Waals surface area contributed by atoms with Crippen LogP contribution in [0.2, 0.25) is 0 Å². The zero-order chi connectivity index (χ0) is 35.8. The van der Waals surface area contributed by atoms with Crippen LogP contribution in [0.5, 0.6) is 0 Å². The maximum atomic E-state index is 13.6. The number of allylic oxidation sites excluding steroid dienone is 1. The van der Waals surface area contributed by atoms with Crippen molar-refractivity contribution in [3.05, 3.63) is 11.6 Å². The quantitative estimate of drug-likeness (QED) is 0.0935. The Morgan fingerprint density at radius 1 is 0.898 bits per heavy atom. The molecule has 0 radical (unpaired) electrons. The monoisotopic (exact) mass is 685 g/mol. The van der Waals surface area contributed by atoms with Crippen LogP contribution in [-0.2, 0) is 4.74 Å². The predicted molar refractivity (Wildman–Crippen MR) is 208 cm³/mol. The third-order valence-electron chi connectivity index (χ3n) is 14.3. The van der Waals surface area contributed by atoms with Crippen molar-refractivity contribution in [2.24, 2.45) is 58.2 Å². The summed E-state index contributed by atoms with van der Waals surface area (Å²) in [7, 11) is 0. The minimum Gasteiger partial charge on any atom is -0.446 e. The van der Waals surface area contributed by atoms with Crippen molar-refractivity contribution in [1.29, 1.82) is 0 Å². The molecule has 0 spiro atoms. The van der Waals surface area contributed by atoms with E-state index in [0.29, 0.717) is 30.5 Å². The van der Waals surface area contributed by atoms with E-state index in [0.717, 1.165) is 93.4 Å². The van der Waals surface area contributed by atoms with Crippen molar-refractivity contribution in [3.8, 4) is 0 Å². The summed E-state index contributed by atoms with van der Waals surface area (Å²) < 4.78 is 6.33. The fourth-order valence-electron chi connectivity index (χ4n) is 11.3. The molecule has 0 saturated heterocycles. The van der Waals surface area contributed by atoms with Crippen molar-refractivity contribution in [3.63, 3.8) is 0 Å². The molecule has 6 nitrogen and oxygen atoms in total. The minimum absolute atomic E-state index is 0.000443. The number of hydrogen-bond acceptors (Lipinski definition) is 5. The van der Waals surface area contributed by atoms with Crippen LogP contribution in [0.1, 0.15) is 140 Å². The van der Waals surface area contributed by atoms with E-state index in [-0.39, 0.29) is 17.6 Å². The van der Waals surface area contributed by atoms with Gasteiger partial charge in [-0.25, -0.2) is 4.79 Å². The SMILES string of the molecule is CCC(CC[C@@H](C)[C@H]1CC[C@H]2[C@@H]3CC=C4C[C@@H](OC(=O)N(CCNCCNCC(C)C)CCNC(C)C)CC[C@]4(C)[C@H]3CC[C@]12C)C(C)C. The average Bonchev–Trinajstić information content (AvgIpc) is 3.40. The lowest BCUT2D eigenvalue weighted by atomic mass is 9.47. The van der Waals surface area contributed by atoms with E-state index in [1.54, 1.807) is 5.57 Å². The molecule has 4 aliphatic rings. The van der Waals surface area contributed by atoms with Crippen LogP contribution in [0.3, 0.4) is 0 Å². The standard InChI is InChI=1S/C43H80N4O2/c1-11-34(31(4)5)13-12-33(8)38-16-17-39-37-15-14-35-28-36(18-20-42(35,9)40(37)19-21-43(38,39)10)49-41(48)47(27-25-46-32(6)7)26-24-44-22-23-45-29-30(2)3/h14,30-34,36-40,44-46H,11-13,15-29H2,1-10H3/t33-,34?,36+,37+,38-,39+,40+,42+,43-/m1/s1. The summed E-state index contributed by atoms with van der Waals surface area (Å²) in [5.74, 6) is 6.60. The van der Waals surface area contributed by atoms with E-state index in [1.165, 1.54) is 51.4 Å². The summed E-state index contributed by atoms with van der Waals surface area (Å²) in [5.41, 5.74) is 2.39. The average molecular weight is 685 g/mol. The normalized spacial score (nSPS) is 32.4. The smallest absolute Gasteiger partial charge is 0.410 e. The first-order chi connectivity index (χ1) is 23.3. The third-order valence-corrected chi connectivity index (χ3v) is 14.3. The third kappa shape index (κ3) is 10.3. The van der Waals surface area contributed by atoms with Crippen LogP contribution in [0.25, 0.3) is 0 Å². The van der Waals surface area contributed by atoms with Crippen molar-refractivity contribution < 1.29 is 9.53 Å². The van der Waals surface area contributed by atoms with E-state index in [1.807, 2.05) is 4.90 Å². The molecular formula is C43H80N4O2. The topological polar surface area (TPSA) is 65.6 Å². The van der Waals surface area contributed by atoms with E-state index in [2.05, 4.69) is 91.3 Å². The Morgan fingerprint density at radius 3 is 2.33 bits per heavy atom. The number of hydrogen-bond donors (Lipinski definition) is 3. The lowest BCUT2D eigenvalue weighted by molar-refractivity contribution is -0.0595. The van der Waals surface area contributed by atoms with Gasteiger partial charge in [-0.2, -0.15) is 0 Å². The Labute approximate surface area is 303 Å². The van der Waals surface area contributed by atoms with Crippen molar-refractivity contribution in [1.82, 2.24) is 20.9 Å². The van der Waals surface area contributed by atoms with Gasteiger partial charge in [-0.05, 0) is 116 Å². The minimum atomic E-state index is -0.133. The summed E-state index contributed by atoms with van der Waals surface area (Å²) in [6, 6.07) is 0.403. The van der Waals surface area contributed by atoms with Crippen LogP contribution < -0.4 is 16.0 Å². The zero-order valence-corrected chi connectivity index (χ0v) is 33.8. The number of fused-ring (bicyclic) bond motifs is 5. The Kier molecular flexibility index (Phi) is 15.4. The summed E-state index contributed by atoms with van der Waals surface area (Å²) in [6.07, 6.45) is 16.7. The molecule has 3 fully saturated rings. The molecule has 9 atom stereocenters. The number of ether oxygens (including phenoxy) is 1. The lowest BCUT2D eigenvalue weighted by Crippen LogP contribution is -2.51. The highest BCUT2D eigenvalue weighted by Crippen LogP contribution is 2.67. The summed E-state index contributed by atoms with van der Waals surface area (Å²) in [4.78, 5) is 15.5. The van der Waals surface area contributed by atoms with E-state index >= 15 is 0 Å². The Morgan fingerprint density at radius 2 is 1.63 bits per heavy atom. The maximum absolute atomic E-state index is 13.6. The molecule has 6 heteroatoms. The molecule has 284 valence electrons. The Bertz CT molecular complexity index is 1040. The number of carbonyl (C=O) groups excluding carboxylic acids is 1. The van der Waals surface area contributed by atoms with Gasteiger partial charge in [0.25, 0.3) is 0 Å². The highest BCUT2D eigenvalue weighted by molar-refractivity contribution is 5.68. The van der Waals surface area contributed by atoms with Crippen LogP contribution >= 0.6 is 0 Å². The number of rotatable bonds is 19. The van der Waals surface area contributed by atoms with E-state index in [4.69, 9.17) is 4.74 Å². The molecule has 1 unspecified atom stereocenters. The number of amides is 1. The van der Waals surface area contributed by atoms with Crippen LogP contribution in [0.4, 0.5) is 4.79 Å². The molecular weight excluding hydrogens is 604 g/mol. The highest BCUT2D eigenvalue weighted by Gasteiger charge is 2.59. The summed E-state index contributed by atoms with van der Waals surface area (Å²) >= 11 is 0. The molecule has 3 saturated carbocycles. The maximum Gasteiger partial charge on any atom is 0.410 e. The molecule has 0 heterocycles. The largest absolute Gasteiger partial charge is 0.446 e. The van der Waals surface area contributed by atoms with Crippen molar-refractivity contribution in [2.45, 2.75) is 152 Å². The van der Waals surface area contributed by atoms with Gasteiger partial charge in [-0.3, -0.25) is 0 Å². The first-order valence-corrected chi connectivity index (χ1v) is 21.1. The molecule has 0 aliphatic heterocycles. The second-order valence-electron chi connectivity index (χ2n) is 18.6. The molecule has 0 bridgehead atoms. The van der Waals surface area contributed by atoms with Crippen molar-refractivity contribution in [2.75, 3.05) is 45.8 Å². The Balaban J connectivity index is 1.32. The predicted octanol–water partition coefficient (Wildman–Crippen LogP) is 9.30. The van der Waals surface area contributed by atoms with Gasteiger partial charge in [0.1, 0.15) is 6.10 Å². The molecule has 3 N–H and O–H groups in total. The fourth-order valence-corrected chi connectivity index (χ4v) is 11.3. The van der Waals surface area contributed by atoms with Gasteiger partial charge < -0.3 is 25.6 Å². The molecule has 4 aliphatic carbocycles. The number of nitrogens with zero attached hydrogens (tertiary/aromatic N) is 1. The summed E-state index contributed by atoms with van der Waals surface area (Å²) in [5, 5.41) is 10.5.